The van der Waals surface area contributed by atoms with Crippen molar-refractivity contribution < 1.29 is 27.4 Å². The van der Waals surface area contributed by atoms with Gasteiger partial charge in [0.2, 0.25) is 11.8 Å². The number of aryl methyl sites for hydroxylation is 1. The van der Waals surface area contributed by atoms with E-state index in [9.17, 15) is 23.2 Å². The summed E-state index contributed by atoms with van der Waals surface area (Å²) in [6.45, 7) is 1.29. The van der Waals surface area contributed by atoms with Crippen LogP contribution in [-0.2, 0) is 11.0 Å². The van der Waals surface area contributed by atoms with E-state index in [0.29, 0.717) is 16.8 Å². The molecule has 3 aromatic rings. The lowest BCUT2D eigenvalue weighted by molar-refractivity contribution is -0.137. The lowest BCUT2D eigenvalue weighted by Gasteiger charge is -2.24. The summed E-state index contributed by atoms with van der Waals surface area (Å²) in [5.41, 5.74) is 7.13. The third kappa shape index (κ3) is 4.88. The number of carbonyl (C=O) groups excluding carboxylic acids is 1. The number of amides is 1. The van der Waals surface area contributed by atoms with Crippen LogP contribution in [0.25, 0.3) is 0 Å². The monoisotopic (exact) mass is 503 g/mol. The molecule has 0 saturated carbocycles. The minimum atomic E-state index is -4.53. The van der Waals surface area contributed by atoms with E-state index in [-0.39, 0.29) is 33.8 Å². The minimum Gasteiger partial charge on any atom is -0.482 e. The fraction of sp³-hybridized carbons (Fsp3) is 0.174. The lowest BCUT2D eigenvalue weighted by Crippen LogP contribution is -2.21. The first-order valence-electron chi connectivity index (χ1n) is 10.1. The van der Waals surface area contributed by atoms with Crippen molar-refractivity contribution in [2.45, 2.75) is 19.0 Å². The van der Waals surface area contributed by atoms with Crippen molar-refractivity contribution in [2.75, 3.05) is 11.9 Å². The first-order valence-corrected chi connectivity index (χ1v) is 10.5. The number of carbonyl (C=O) groups is 1. The van der Waals surface area contributed by atoms with Crippen molar-refractivity contribution in [1.29, 1.82) is 5.26 Å². The molecule has 1 aliphatic rings. The van der Waals surface area contributed by atoms with Crippen LogP contribution >= 0.6 is 11.6 Å². The number of anilines is 1. The molecule has 1 aliphatic heterocycles. The van der Waals surface area contributed by atoms with E-state index in [0.717, 1.165) is 12.1 Å². The Morgan fingerprint density at radius 2 is 2.11 bits per heavy atom. The highest BCUT2D eigenvalue weighted by Crippen LogP contribution is 2.44. The topological polar surface area (TPSA) is 126 Å². The highest BCUT2D eigenvalue weighted by atomic mass is 35.5. The average molecular weight is 504 g/mol. The van der Waals surface area contributed by atoms with Gasteiger partial charge in [-0.05, 0) is 42.8 Å². The maximum absolute atomic E-state index is 12.8. The Kier molecular flexibility index (Phi) is 6.32. The first kappa shape index (κ1) is 24.0. The van der Waals surface area contributed by atoms with E-state index in [2.05, 4.69) is 21.6 Å². The molecule has 4 N–H and O–H groups in total. The predicted molar refractivity (Wildman–Crippen MR) is 120 cm³/mol. The number of nitrogens with one attached hydrogen (secondary N) is 2. The molecule has 1 atom stereocenters. The summed E-state index contributed by atoms with van der Waals surface area (Å²) in [4.78, 5) is 12.2. The van der Waals surface area contributed by atoms with Crippen LogP contribution in [0.5, 0.6) is 11.6 Å². The number of H-pyrrole nitrogens is 1. The predicted octanol–water partition coefficient (Wildman–Crippen LogP) is 4.63. The molecule has 0 radical (unpaired) electrons. The number of alkyl halides is 3. The average Bonchev–Trinajstić information content (AvgIpc) is 3.16. The Labute approximate surface area is 202 Å². The van der Waals surface area contributed by atoms with Gasteiger partial charge in [-0.1, -0.05) is 23.7 Å². The molecule has 0 spiro atoms. The Morgan fingerprint density at radius 3 is 2.80 bits per heavy atom. The number of nitrogens with zero attached hydrogens (tertiary/aromatic N) is 2. The number of hydrogen-bond acceptors (Lipinski definition) is 6. The Hall–Kier alpha value is -4.17. The van der Waals surface area contributed by atoms with E-state index >= 15 is 0 Å². The van der Waals surface area contributed by atoms with Gasteiger partial charge in [-0.2, -0.15) is 18.4 Å². The summed E-state index contributed by atoms with van der Waals surface area (Å²) in [6.07, 6.45) is -4.53. The number of fused-ring (bicyclic) bond motifs is 1. The molecule has 0 fully saturated rings. The van der Waals surface area contributed by atoms with Crippen molar-refractivity contribution in [3.63, 3.8) is 0 Å². The van der Waals surface area contributed by atoms with Crippen LogP contribution < -0.4 is 20.5 Å². The van der Waals surface area contributed by atoms with Gasteiger partial charge < -0.3 is 20.5 Å². The minimum absolute atomic E-state index is 0.0194. The van der Waals surface area contributed by atoms with Gasteiger partial charge >= 0.3 is 6.18 Å². The van der Waals surface area contributed by atoms with Crippen molar-refractivity contribution in [3.05, 3.63) is 81.3 Å². The fourth-order valence-corrected chi connectivity index (χ4v) is 3.90. The molecule has 1 unspecified atom stereocenters. The van der Waals surface area contributed by atoms with Crippen LogP contribution in [0.1, 0.15) is 28.3 Å². The SMILES string of the molecule is Cc1[nH]nc2c1C(c1ccc(OCC(=O)Nc3cccc(C(F)(F)F)c3)c(Cl)c1)C(C#N)=C(N)O2. The first-order chi connectivity index (χ1) is 16.6. The maximum Gasteiger partial charge on any atom is 0.416 e. The van der Waals surface area contributed by atoms with Gasteiger partial charge in [-0.15, -0.1) is 5.10 Å². The molecule has 35 heavy (non-hydrogen) atoms. The summed E-state index contributed by atoms with van der Waals surface area (Å²) in [6, 6.07) is 11.1. The van der Waals surface area contributed by atoms with Crippen LogP contribution in [0.2, 0.25) is 5.02 Å². The van der Waals surface area contributed by atoms with Crippen molar-refractivity contribution in [2.24, 2.45) is 5.73 Å². The van der Waals surface area contributed by atoms with E-state index in [1.165, 1.54) is 18.2 Å². The van der Waals surface area contributed by atoms with Crippen LogP contribution in [0, 0.1) is 18.3 Å². The van der Waals surface area contributed by atoms with Gasteiger partial charge in [0.05, 0.1) is 16.5 Å². The second kappa shape index (κ2) is 9.23. The molecule has 0 saturated heterocycles. The molecule has 1 amide bonds. The van der Waals surface area contributed by atoms with Crippen LogP contribution in [-0.4, -0.2) is 22.7 Å². The van der Waals surface area contributed by atoms with Gasteiger partial charge in [0.1, 0.15) is 17.4 Å². The van der Waals surface area contributed by atoms with Gasteiger partial charge in [-0.25, -0.2) is 0 Å². The number of allylic oxidation sites excluding steroid dienone is 1. The van der Waals surface area contributed by atoms with Gasteiger partial charge in [-0.3, -0.25) is 9.89 Å². The summed E-state index contributed by atoms with van der Waals surface area (Å²) in [7, 11) is 0. The quantitative estimate of drug-likeness (QED) is 0.466. The molecule has 2 heterocycles. The lowest BCUT2D eigenvalue weighted by atomic mass is 9.84. The fourth-order valence-electron chi connectivity index (χ4n) is 3.66. The summed E-state index contributed by atoms with van der Waals surface area (Å²) < 4.78 is 49.4. The Bertz CT molecular complexity index is 1380. The molecule has 1 aromatic heterocycles. The summed E-state index contributed by atoms with van der Waals surface area (Å²) in [5.74, 6) is -0.902. The highest BCUT2D eigenvalue weighted by molar-refractivity contribution is 6.32. The molecular weight excluding hydrogens is 487 g/mol. The van der Waals surface area contributed by atoms with Gasteiger partial charge in [0.15, 0.2) is 6.61 Å². The van der Waals surface area contributed by atoms with E-state index in [4.69, 9.17) is 26.8 Å². The number of aromatic amines is 1. The number of rotatable bonds is 5. The molecule has 0 aliphatic carbocycles. The third-order valence-electron chi connectivity index (χ3n) is 5.25. The smallest absolute Gasteiger partial charge is 0.416 e. The largest absolute Gasteiger partial charge is 0.482 e. The summed E-state index contributed by atoms with van der Waals surface area (Å²) in [5, 5.41) is 19.0. The molecule has 0 bridgehead atoms. The number of hydrogen-bond donors (Lipinski definition) is 3. The molecule has 12 heteroatoms. The van der Waals surface area contributed by atoms with Crippen LogP contribution in [0.3, 0.4) is 0 Å². The van der Waals surface area contributed by atoms with Crippen molar-refractivity contribution >= 4 is 23.2 Å². The number of nitrogens with two attached hydrogens (primary N) is 1. The second-order valence-corrected chi connectivity index (χ2v) is 8.00. The van der Waals surface area contributed by atoms with Crippen LogP contribution in [0.4, 0.5) is 18.9 Å². The van der Waals surface area contributed by atoms with E-state index in [1.807, 2.05) is 0 Å². The van der Waals surface area contributed by atoms with Crippen molar-refractivity contribution in [1.82, 2.24) is 10.2 Å². The molecule has 2 aromatic carbocycles. The zero-order valence-corrected chi connectivity index (χ0v) is 18.8. The van der Waals surface area contributed by atoms with Gasteiger partial charge in [0.25, 0.3) is 5.91 Å². The third-order valence-corrected chi connectivity index (χ3v) is 5.55. The number of aromatic nitrogens is 2. The zero-order chi connectivity index (χ0) is 25.3. The summed E-state index contributed by atoms with van der Waals surface area (Å²) >= 11 is 6.36. The number of benzene rings is 2. The Balaban J connectivity index is 1.49. The van der Waals surface area contributed by atoms with Crippen LogP contribution in [0.15, 0.2) is 53.9 Å². The van der Waals surface area contributed by atoms with E-state index < -0.39 is 30.2 Å². The normalized spacial score (nSPS) is 15.1. The molecule has 4 rings (SSSR count). The molecule has 8 nitrogen and oxygen atoms in total. The Morgan fingerprint density at radius 1 is 1.34 bits per heavy atom. The van der Waals surface area contributed by atoms with Gasteiger partial charge in [0, 0.05) is 16.9 Å². The van der Waals surface area contributed by atoms with E-state index in [1.54, 1.807) is 19.1 Å². The zero-order valence-electron chi connectivity index (χ0n) is 18.0. The molecule has 180 valence electrons. The number of nitriles is 1. The second-order valence-electron chi connectivity index (χ2n) is 7.60. The number of ether oxygens (including phenoxy) is 2. The van der Waals surface area contributed by atoms with Crippen molar-refractivity contribution in [3.8, 4) is 17.7 Å². The molecular formula is C23H17ClF3N5O3. The maximum atomic E-state index is 12.8. The standard InChI is InChI=1S/C23H17ClF3N5O3/c1-11-19-20(15(9-28)21(29)35-22(19)32-31-11)12-5-6-17(16(24)7-12)34-10-18(33)30-14-4-2-3-13(8-14)23(25,26)27/h2-8,20H,10,29H2,1H3,(H,30,33)(H,31,32). The highest BCUT2D eigenvalue weighted by Gasteiger charge is 2.34. The number of halogens is 4.